The number of epoxide rings is 1. The third-order valence-corrected chi connectivity index (χ3v) is 10.3. The molecule has 4 fully saturated rings. The molecule has 2 saturated carbocycles. The van der Waals surface area contributed by atoms with E-state index >= 15 is 0 Å². The Morgan fingerprint density at radius 1 is 1.03 bits per heavy atom. The zero-order valence-corrected chi connectivity index (χ0v) is 20.0. The average Bonchev–Trinajstić information content (AvgIpc) is 3.26. The highest BCUT2D eigenvalue weighted by atomic mass is 16.7. The fourth-order valence-corrected chi connectivity index (χ4v) is 9.00. The van der Waals surface area contributed by atoms with Crippen LogP contribution < -0.4 is 5.32 Å². The maximum absolute atomic E-state index is 13.3. The summed E-state index contributed by atoms with van der Waals surface area (Å²) >= 11 is 0. The molecule has 6 rings (SSSR count). The highest BCUT2D eigenvalue weighted by Crippen LogP contribution is 2.77. The van der Waals surface area contributed by atoms with Crippen molar-refractivity contribution < 1.29 is 28.6 Å². The molecule has 6 aliphatic rings. The Hall–Kier alpha value is -2.15. The standard InChI is InChI=1S/C26H33NO6/c1-22(2)17-13-20(29)33-25(5)16(23(17,3)9-7-19(28)32-22)6-10-24(4)15(12-18-26(24,25)31-18)14-8-11-27-21(14)30/h7-9,15-18H,6,10-13H2,1-5H3,(H,27,30)/t15-,16+,17-,18+,23+,24-,25+,26+/m0/s1. The van der Waals surface area contributed by atoms with Gasteiger partial charge in [0.1, 0.15) is 16.8 Å². The van der Waals surface area contributed by atoms with Gasteiger partial charge in [0.2, 0.25) is 5.91 Å². The van der Waals surface area contributed by atoms with Crippen LogP contribution in [-0.4, -0.2) is 47.3 Å². The highest BCUT2D eigenvalue weighted by Gasteiger charge is 2.87. The number of nitrogens with one attached hydrogen (secondary N) is 1. The Kier molecular flexibility index (Phi) is 3.95. The van der Waals surface area contributed by atoms with Crippen LogP contribution in [0.3, 0.4) is 0 Å². The molecule has 0 aromatic heterocycles. The van der Waals surface area contributed by atoms with Gasteiger partial charge in [-0.25, -0.2) is 4.79 Å². The molecule has 4 aliphatic heterocycles. The molecule has 0 bridgehead atoms. The predicted octanol–water partition coefficient (Wildman–Crippen LogP) is 2.84. The predicted molar refractivity (Wildman–Crippen MR) is 118 cm³/mol. The van der Waals surface area contributed by atoms with Gasteiger partial charge in [-0.1, -0.05) is 26.0 Å². The van der Waals surface area contributed by atoms with E-state index < -0.39 is 22.2 Å². The first-order valence-corrected chi connectivity index (χ1v) is 12.2. The summed E-state index contributed by atoms with van der Waals surface area (Å²) in [6.07, 6.45) is 8.08. The minimum Gasteiger partial charge on any atom is -0.456 e. The van der Waals surface area contributed by atoms with Crippen LogP contribution in [0.5, 0.6) is 0 Å². The molecule has 178 valence electrons. The average molecular weight is 456 g/mol. The molecule has 2 aliphatic carbocycles. The van der Waals surface area contributed by atoms with Gasteiger partial charge in [-0.2, -0.15) is 0 Å². The highest BCUT2D eigenvalue weighted by molar-refractivity contribution is 5.96. The van der Waals surface area contributed by atoms with Gasteiger partial charge in [-0.3, -0.25) is 9.59 Å². The molecule has 0 aromatic carbocycles. The summed E-state index contributed by atoms with van der Waals surface area (Å²) in [5, 5.41) is 2.92. The van der Waals surface area contributed by atoms with Crippen LogP contribution in [0.15, 0.2) is 23.8 Å². The number of hydrogen-bond donors (Lipinski definition) is 1. The van der Waals surface area contributed by atoms with Gasteiger partial charge >= 0.3 is 11.9 Å². The maximum Gasteiger partial charge on any atom is 0.330 e. The van der Waals surface area contributed by atoms with Crippen molar-refractivity contribution in [2.45, 2.75) is 83.2 Å². The molecular formula is C26H33NO6. The fourth-order valence-electron chi connectivity index (χ4n) is 9.00. The number of cyclic esters (lactones) is 1. The molecule has 7 nitrogen and oxygen atoms in total. The molecular weight excluding hydrogens is 422 g/mol. The minimum absolute atomic E-state index is 0.0129. The Morgan fingerprint density at radius 3 is 2.48 bits per heavy atom. The van der Waals surface area contributed by atoms with E-state index in [2.05, 4.69) is 19.2 Å². The molecule has 0 unspecified atom stereocenters. The first-order valence-electron chi connectivity index (χ1n) is 12.2. The van der Waals surface area contributed by atoms with Gasteiger partial charge in [0.05, 0.1) is 12.5 Å². The quantitative estimate of drug-likeness (QED) is 0.483. The molecule has 0 radical (unpaired) electrons. The summed E-state index contributed by atoms with van der Waals surface area (Å²) in [6.45, 7) is 10.8. The largest absolute Gasteiger partial charge is 0.456 e. The van der Waals surface area contributed by atoms with Gasteiger partial charge in [0, 0.05) is 35.4 Å². The number of esters is 2. The van der Waals surface area contributed by atoms with E-state index in [4.69, 9.17) is 14.2 Å². The molecule has 33 heavy (non-hydrogen) atoms. The van der Waals surface area contributed by atoms with Crippen molar-refractivity contribution in [1.82, 2.24) is 5.32 Å². The van der Waals surface area contributed by atoms with Crippen molar-refractivity contribution in [3.8, 4) is 0 Å². The lowest BCUT2D eigenvalue weighted by molar-refractivity contribution is -0.206. The van der Waals surface area contributed by atoms with Crippen molar-refractivity contribution in [3.05, 3.63) is 23.8 Å². The van der Waals surface area contributed by atoms with Crippen LogP contribution in [0.1, 0.15) is 60.3 Å². The number of ether oxygens (including phenoxy) is 3. The molecule has 1 amide bonds. The summed E-state index contributed by atoms with van der Waals surface area (Å²) in [5.41, 5.74) is -2.28. The van der Waals surface area contributed by atoms with Crippen LogP contribution in [0.2, 0.25) is 0 Å². The van der Waals surface area contributed by atoms with Gasteiger partial charge < -0.3 is 19.5 Å². The van der Waals surface area contributed by atoms with E-state index in [9.17, 15) is 14.4 Å². The van der Waals surface area contributed by atoms with Crippen molar-refractivity contribution in [3.63, 3.8) is 0 Å². The molecule has 2 saturated heterocycles. The van der Waals surface area contributed by atoms with Crippen LogP contribution in [0.4, 0.5) is 0 Å². The first kappa shape index (κ1) is 21.4. The minimum atomic E-state index is -0.872. The van der Waals surface area contributed by atoms with E-state index in [1.165, 1.54) is 6.08 Å². The molecule has 1 N–H and O–H groups in total. The summed E-state index contributed by atoms with van der Waals surface area (Å²) < 4.78 is 18.7. The van der Waals surface area contributed by atoms with E-state index in [1.54, 1.807) is 0 Å². The van der Waals surface area contributed by atoms with Gasteiger partial charge in [-0.15, -0.1) is 0 Å². The van der Waals surface area contributed by atoms with Crippen molar-refractivity contribution in [2.75, 3.05) is 6.54 Å². The van der Waals surface area contributed by atoms with Gasteiger partial charge in [0.15, 0.2) is 0 Å². The Morgan fingerprint density at radius 2 is 1.79 bits per heavy atom. The van der Waals surface area contributed by atoms with Crippen molar-refractivity contribution >= 4 is 17.8 Å². The van der Waals surface area contributed by atoms with Crippen molar-refractivity contribution in [1.29, 1.82) is 0 Å². The summed E-state index contributed by atoms with van der Waals surface area (Å²) in [5.74, 6) is -0.819. The van der Waals surface area contributed by atoms with Crippen LogP contribution in [0.25, 0.3) is 0 Å². The molecule has 4 heterocycles. The normalized spacial score (nSPS) is 51.5. The summed E-state index contributed by atoms with van der Waals surface area (Å²) in [4.78, 5) is 38.4. The van der Waals surface area contributed by atoms with Crippen LogP contribution >= 0.6 is 0 Å². The summed E-state index contributed by atoms with van der Waals surface area (Å²) in [7, 11) is 0. The van der Waals surface area contributed by atoms with Gasteiger partial charge in [-0.05, 0) is 51.4 Å². The number of fused-ring (bicyclic) bond motifs is 3. The monoisotopic (exact) mass is 455 g/mol. The van der Waals surface area contributed by atoms with E-state index in [1.807, 2.05) is 32.9 Å². The lowest BCUT2D eigenvalue weighted by Gasteiger charge is -2.58. The lowest BCUT2D eigenvalue weighted by Crippen LogP contribution is -2.66. The second-order valence-corrected chi connectivity index (χ2v) is 12.1. The number of hydrogen-bond acceptors (Lipinski definition) is 6. The number of amides is 1. The number of carbonyl (C=O) groups excluding carboxylic acids is 3. The number of rotatable bonds is 1. The zero-order chi connectivity index (χ0) is 23.6. The maximum atomic E-state index is 13.3. The zero-order valence-electron chi connectivity index (χ0n) is 20.0. The van der Waals surface area contributed by atoms with Crippen LogP contribution in [-0.2, 0) is 28.6 Å². The SMILES string of the molecule is CC1(C)OC(=O)C=C[C@]2(C)[C@H]3CC[C@@]4(C)[C@H](C5=CCNC5=O)C[C@H]5O[C@]54[C@]3(C)OC(=O)C[C@@H]12. The first-order chi connectivity index (χ1) is 15.4. The second kappa shape index (κ2) is 6.09. The van der Waals surface area contributed by atoms with Gasteiger partial charge in [0.25, 0.3) is 0 Å². The fraction of sp³-hybridized carbons (Fsp3) is 0.731. The smallest absolute Gasteiger partial charge is 0.330 e. The van der Waals surface area contributed by atoms with E-state index in [-0.39, 0.29) is 53.5 Å². The Bertz CT molecular complexity index is 1050. The second-order valence-electron chi connectivity index (χ2n) is 12.1. The van der Waals surface area contributed by atoms with Crippen molar-refractivity contribution in [2.24, 2.45) is 28.6 Å². The topological polar surface area (TPSA) is 94.2 Å². The van der Waals surface area contributed by atoms with E-state index in [0.717, 1.165) is 24.8 Å². The molecule has 0 aromatic rings. The third-order valence-electron chi connectivity index (χ3n) is 10.3. The number of allylic oxidation sites excluding steroid dienone is 1. The Labute approximate surface area is 194 Å². The summed E-state index contributed by atoms with van der Waals surface area (Å²) in [6, 6.07) is 0. The lowest BCUT2D eigenvalue weighted by atomic mass is 9.47. The Balaban J connectivity index is 1.49. The van der Waals surface area contributed by atoms with Crippen LogP contribution in [0, 0.1) is 28.6 Å². The molecule has 1 spiro atoms. The van der Waals surface area contributed by atoms with E-state index in [0.29, 0.717) is 6.54 Å². The molecule has 8 atom stereocenters. The molecule has 7 heteroatoms. The number of carbonyl (C=O) groups is 3. The third kappa shape index (κ3) is 2.37.